The van der Waals surface area contributed by atoms with Crippen LogP contribution in [0.2, 0.25) is 0 Å². The molecule has 9 nitrogen and oxygen atoms in total. The highest BCUT2D eigenvalue weighted by Crippen LogP contribution is 2.58. The number of nitrogens with zero attached hydrogens (tertiary/aromatic N) is 6. The van der Waals surface area contributed by atoms with Gasteiger partial charge in [0.2, 0.25) is 17.8 Å². The monoisotopic (exact) mass is 504 g/mol. The van der Waals surface area contributed by atoms with Crippen molar-refractivity contribution in [1.82, 2.24) is 24.7 Å². The predicted molar refractivity (Wildman–Crippen MR) is 137 cm³/mol. The van der Waals surface area contributed by atoms with Gasteiger partial charge in [-0.15, -0.1) is 5.10 Å². The van der Waals surface area contributed by atoms with Gasteiger partial charge in [0.25, 0.3) is 0 Å². The Bertz CT molecular complexity index is 1450. The lowest BCUT2D eigenvalue weighted by Gasteiger charge is -2.59. The highest BCUT2D eigenvalue weighted by molar-refractivity contribution is 5.70. The fourth-order valence-corrected chi connectivity index (χ4v) is 5.28. The van der Waals surface area contributed by atoms with Crippen LogP contribution in [-0.4, -0.2) is 50.9 Å². The van der Waals surface area contributed by atoms with E-state index in [1.54, 1.807) is 24.1 Å². The quantitative estimate of drug-likeness (QED) is 0.395. The summed E-state index contributed by atoms with van der Waals surface area (Å²) in [5, 5.41) is 7.85. The van der Waals surface area contributed by atoms with Crippen molar-refractivity contribution in [3.05, 3.63) is 54.7 Å². The van der Waals surface area contributed by atoms with Crippen LogP contribution in [0.4, 0.5) is 32.1 Å². The molecule has 1 aliphatic heterocycles. The molecular weight excluding hydrogens is 478 g/mol. The van der Waals surface area contributed by atoms with Gasteiger partial charge in [0.05, 0.1) is 18.5 Å². The average molecular weight is 505 g/mol. The molecule has 2 fully saturated rings. The van der Waals surface area contributed by atoms with Gasteiger partial charge in [-0.3, -0.25) is 0 Å². The summed E-state index contributed by atoms with van der Waals surface area (Å²) in [6, 6.07) is 15.3. The van der Waals surface area contributed by atoms with Crippen LogP contribution in [-0.2, 0) is 7.05 Å². The van der Waals surface area contributed by atoms with Crippen molar-refractivity contribution in [2.75, 3.05) is 36.1 Å². The van der Waals surface area contributed by atoms with Gasteiger partial charge in [-0.1, -0.05) is 12.1 Å². The molecule has 1 saturated heterocycles. The first-order valence-corrected chi connectivity index (χ1v) is 11.9. The Morgan fingerprint density at radius 2 is 1.73 bits per heavy atom. The van der Waals surface area contributed by atoms with Gasteiger partial charge >= 0.3 is 0 Å². The van der Waals surface area contributed by atoms with E-state index >= 15 is 0 Å². The number of rotatable bonds is 6. The molecule has 1 spiro atoms. The minimum absolute atomic E-state index is 0.0253. The molecule has 0 bridgehead atoms. The summed E-state index contributed by atoms with van der Waals surface area (Å²) in [6.45, 7) is 1.25. The number of nitrogens with two attached hydrogens (primary N) is 1. The second-order valence-electron chi connectivity index (χ2n) is 9.84. The Morgan fingerprint density at radius 3 is 2.41 bits per heavy atom. The third-order valence-corrected chi connectivity index (χ3v) is 6.97. The molecule has 1 saturated carbocycles. The molecule has 1 aliphatic carbocycles. The van der Waals surface area contributed by atoms with Gasteiger partial charge in [-0.05, 0) is 36.4 Å². The molecule has 0 unspecified atom stereocenters. The number of methoxy groups -OCH3 is 1. The first-order valence-electron chi connectivity index (χ1n) is 11.9. The summed E-state index contributed by atoms with van der Waals surface area (Å²) >= 11 is 0. The number of aryl methyl sites for hydroxylation is 1. The molecule has 4 aromatic rings. The Labute approximate surface area is 212 Å². The Balaban J connectivity index is 1.17. The summed E-state index contributed by atoms with van der Waals surface area (Å²) < 4.78 is 34.0. The molecule has 11 heteroatoms. The fraction of sp³-hybridized carbons (Fsp3) is 0.308. The third kappa shape index (κ3) is 4.30. The molecular formula is C26H26F2N8O. The van der Waals surface area contributed by atoms with E-state index in [2.05, 4.69) is 30.3 Å². The zero-order valence-corrected chi connectivity index (χ0v) is 20.4. The zero-order valence-electron chi connectivity index (χ0n) is 20.4. The van der Waals surface area contributed by atoms with E-state index in [-0.39, 0.29) is 24.2 Å². The Kier molecular flexibility index (Phi) is 5.25. The maximum Gasteiger partial charge on any atom is 0.249 e. The molecule has 37 heavy (non-hydrogen) atoms. The highest BCUT2D eigenvalue weighted by atomic mass is 19.3. The van der Waals surface area contributed by atoms with E-state index in [4.69, 9.17) is 10.5 Å². The van der Waals surface area contributed by atoms with Crippen LogP contribution >= 0.6 is 0 Å². The largest absolute Gasteiger partial charge is 0.495 e. The lowest BCUT2D eigenvalue weighted by atomic mass is 9.61. The van der Waals surface area contributed by atoms with Gasteiger partial charge < -0.3 is 20.7 Å². The minimum Gasteiger partial charge on any atom is -0.495 e. The van der Waals surface area contributed by atoms with Crippen LogP contribution in [0.5, 0.6) is 5.75 Å². The number of aromatic nitrogens is 5. The summed E-state index contributed by atoms with van der Waals surface area (Å²) in [5.74, 6) is -0.493. The minimum atomic E-state index is -2.51. The van der Waals surface area contributed by atoms with Crippen LogP contribution in [0, 0.1) is 5.41 Å². The van der Waals surface area contributed by atoms with Gasteiger partial charge in [-0.2, -0.15) is 4.98 Å². The fourth-order valence-electron chi connectivity index (χ4n) is 5.28. The van der Waals surface area contributed by atoms with Crippen molar-refractivity contribution < 1.29 is 13.5 Å². The number of anilines is 4. The number of hydrogen-bond acceptors (Lipinski definition) is 8. The normalized spacial score (nSPS) is 17.2. The number of hydrogen-bond donors (Lipinski definition) is 2. The standard InChI is InChI=1S/C26H26F2N8O/c1-35-24(31-18-6-3-16(4-7-18)19-9-10-30-23(29)32-19)33-22(34-35)17-5-8-20(21(11-17)37-2)36-14-25(15-36)12-26(27,28)13-25/h3-11H,12-15H2,1-2H3,(H2,29,30,32)(H,31,33,34). The SMILES string of the molecule is COc1cc(-c2nc(Nc3ccc(-c4ccnc(N)n4)cc3)n(C)n2)ccc1N1CC2(C1)CC(F)(F)C2. The molecule has 0 radical (unpaired) electrons. The Morgan fingerprint density at radius 1 is 1.00 bits per heavy atom. The predicted octanol–water partition coefficient (Wildman–Crippen LogP) is 4.51. The lowest BCUT2D eigenvalue weighted by molar-refractivity contribution is -0.170. The van der Waals surface area contributed by atoms with Crippen molar-refractivity contribution in [3.8, 4) is 28.4 Å². The first kappa shape index (κ1) is 23.1. The molecule has 0 amide bonds. The van der Waals surface area contributed by atoms with Crippen molar-refractivity contribution in [3.63, 3.8) is 0 Å². The van der Waals surface area contributed by atoms with E-state index in [1.165, 1.54) is 0 Å². The summed E-state index contributed by atoms with van der Waals surface area (Å²) in [6.07, 6.45) is 1.58. The number of benzene rings is 2. The van der Waals surface area contributed by atoms with E-state index < -0.39 is 5.92 Å². The summed E-state index contributed by atoms with van der Waals surface area (Å²) in [4.78, 5) is 14.9. The zero-order chi connectivity index (χ0) is 25.8. The van der Waals surface area contributed by atoms with Crippen LogP contribution in [0.15, 0.2) is 54.7 Å². The van der Waals surface area contributed by atoms with Gasteiger partial charge in [-0.25, -0.2) is 23.4 Å². The van der Waals surface area contributed by atoms with Crippen molar-refractivity contribution in [2.45, 2.75) is 18.8 Å². The van der Waals surface area contributed by atoms with Crippen molar-refractivity contribution >= 4 is 23.3 Å². The smallest absolute Gasteiger partial charge is 0.249 e. The molecule has 3 heterocycles. The van der Waals surface area contributed by atoms with E-state index in [1.807, 2.05) is 49.5 Å². The second kappa shape index (κ2) is 8.39. The number of alkyl halides is 2. The van der Waals surface area contributed by atoms with E-state index in [9.17, 15) is 8.78 Å². The van der Waals surface area contributed by atoms with Crippen LogP contribution in [0.1, 0.15) is 12.8 Å². The van der Waals surface area contributed by atoms with Crippen LogP contribution in [0.3, 0.4) is 0 Å². The lowest BCUT2D eigenvalue weighted by Crippen LogP contribution is -2.66. The van der Waals surface area contributed by atoms with Gasteiger partial charge in [0.15, 0.2) is 5.82 Å². The third-order valence-electron chi connectivity index (χ3n) is 6.97. The average Bonchev–Trinajstić information content (AvgIpc) is 3.21. The maximum absolute atomic E-state index is 13.4. The molecule has 2 aliphatic rings. The summed E-state index contributed by atoms with van der Waals surface area (Å²) in [5.41, 5.74) is 9.64. The highest BCUT2D eigenvalue weighted by Gasteiger charge is 2.61. The number of ether oxygens (including phenoxy) is 1. The molecule has 3 N–H and O–H groups in total. The van der Waals surface area contributed by atoms with Gasteiger partial charge in [0, 0.05) is 61.4 Å². The van der Waals surface area contributed by atoms with Crippen LogP contribution in [0.25, 0.3) is 22.6 Å². The molecule has 2 aromatic carbocycles. The first-order chi connectivity index (χ1) is 17.7. The molecule has 6 rings (SSSR count). The Hall–Kier alpha value is -4.28. The molecule has 2 aromatic heterocycles. The van der Waals surface area contributed by atoms with E-state index in [0.717, 1.165) is 28.2 Å². The second-order valence-corrected chi connectivity index (χ2v) is 9.84. The van der Waals surface area contributed by atoms with Crippen LogP contribution < -0.4 is 20.7 Å². The maximum atomic E-state index is 13.4. The topological polar surface area (TPSA) is 107 Å². The number of halogens is 2. The summed E-state index contributed by atoms with van der Waals surface area (Å²) in [7, 11) is 3.42. The number of nitrogens with one attached hydrogen (secondary N) is 1. The number of nitrogen functional groups attached to an aromatic ring is 1. The van der Waals surface area contributed by atoms with Crippen molar-refractivity contribution in [2.24, 2.45) is 12.5 Å². The molecule has 190 valence electrons. The molecule has 0 atom stereocenters. The van der Waals surface area contributed by atoms with Gasteiger partial charge in [0.1, 0.15) is 5.75 Å². The van der Waals surface area contributed by atoms with E-state index in [0.29, 0.717) is 30.6 Å². The van der Waals surface area contributed by atoms with Crippen molar-refractivity contribution in [1.29, 1.82) is 0 Å².